The van der Waals surface area contributed by atoms with Gasteiger partial charge in [0, 0.05) is 23.9 Å². The molecule has 0 aliphatic rings. The molecule has 2 aromatic carbocycles. The van der Waals surface area contributed by atoms with Gasteiger partial charge in [-0.15, -0.1) is 0 Å². The van der Waals surface area contributed by atoms with Gasteiger partial charge in [-0.1, -0.05) is 91.1 Å². The van der Waals surface area contributed by atoms with E-state index in [0.29, 0.717) is 35.1 Å². The van der Waals surface area contributed by atoms with Crippen LogP contribution in [0.1, 0.15) is 42.4 Å². The van der Waals surface area contributed by atoms with E-state index >= 15 is 0 Å². The summed E-state index contributed by atoms with van der Waals surface area (Å²) in [7, 11) is 0. The van der Waals surface area contributed by atoms with E-state index in [1.54, 1.807) is 24.3 Å². The molecule has 3 rings (SSSR count). The average molecular weight is 478 g/mol. The molecule has 3 aromatic rings. The molecule has 0 saturated carbocycles. The van der Waals surface area contributed by atoms with Crippen LogP contribution in [0, 0.1) is 5.92 Å². The van der Waals surface area contributed by atoms with E-state index in [1.165, 1.54) is 0 Å². The molecular weight excluding hydrogens is 455 g/mol. The Bertz CT molecular complexity index is 1030. The number of furan rings is 1. The fourth-order valence-electron chi connectivity index (χ4n) is 3.38. The van der Waals surface area contributed by atoms with Crippen LogP contribution in [0.25, 0.3) is 0 Å². The topological polar surface area (TPSA) is 39.4 Å². The van der Waals surface area contributed by atoms with Crippen molar-refractivity contribution in [2.75, 3.05) is 0 Å². The lowest BCUT2D eigenvalue weighted by Gasteiger charge is -2.19. The number of esters is 1. The van der Waals surface area contributed by atoms with Crippen LogP contribution >= 0.6 is 34.8 Å². The van der Waals surface area contributed by atoms with Crippen LogP contribution in [0.2, 0.25) is 5.02 Å². The molecule has 0 N–H and O–H groups in total. The number of allylic oxidation sites excluding steroid dienone is 1. The highest BCUT2D eigenvalue weighted by Gasteiger charge is 2.28. The van der Waals surface area contributed by atoms with Gasteiger partial charge in [0.05, 0.1) is 5.92 Å². The van der Waals surface area contributed by atoms with Crippen LogP contribution in [-0.4, -0.2) is 5.97 Å². The molecule has 0 fully saturated rings. The summed E-state index contributed by atoms with van der Waals surface area (Å²) in [6.07, 6.45) is 2.49. The van der Waals surface area contributed by atoms with Crippen LogP contribution in [0.5, 0.6) is 5.75 Å². The zero-order valence-electron chi connectivity index (χ0n) is 17.3. The Morgan fingerprint density at radius 1 is 1.06 bits per heavy atom. The maximum atomic E-state index is 13.1. The first-order chi connectivity index (χ1) is 14.8. The first kappa shape index (κ1) is 23.5. The number of benzene rings is 2. The van der Waals surface area contributed by atoms with Crippen LogP contribution in [0.3, 0.4) is 0 Å². The van der Waals surface area contributed by atoms with Gasteiger partial charge in [0.25, 0.3) is 0 Å². The second-order valence-electron chi connectivity index (χ2n) is 7.55. The van der Waals surface area contributed by atoms with Crippen molar-refractivity contribution in [3.8, 4) is 5.75 Å². The van der Waals surface area contributed by atoms with Crippen molar-refractivity contribution < 1.29 is 13.9 Å². The van der Waals surface area contributed by atoms with Gasteiger partial charge >= 0.3 is 5.97 Å². The number of carbonyl (C=O) groups excluding carboxylic acids is 1. The molecule has 0 saturated heterocycles. The van der Waals surface area contributed by atoms with Crippen molar-refractivity contribution in [1.29, 1.82) is 0 Å². The number of rotatable bonds is 8. The summed E-state index contributed by atoms with van der Waals surface area (Å²) >= 11 is 17.5. The molecule has 0 aliphatic carbocycles. The summed E-state index contributed by atoms with van der Waals surface area (Å²) in [4.78, 5) is 13.1. The lowest BCUT2D eigenvalue weighted by Crippen LogP contribution is -2.23. The Balaban J connectivity index is 1.87. The molecule has 1 atom stereocenters. The van der Waals surface area contributed by atoms with Crippen molar-refractivity contribution in [3.05, 3.63) is 98.9 Å². The Labute approximate surface area is 197 Å². The van der Waals surface area contributed by atoms with Gasteiger partial charge in [0.2, 0.25) is 0 Å². The summed E-state index contributed by atoms with van der Waals surface area (Å²) < 4.78 is 11.9. The van der Waals surface area contributed by atoms with E-state index in [-0.39, 0.29) is 16.4 Å². The second kappa shape index (κ2) is 10.9. The fraction of sp³-hybridized carbons (Fsp3) is 0.240. The largest absolute Gasteiger partial charge is 0.461 e. The Morgan fingerprint density at radius 2 is 1.74 bits per heavy atom. The molecule has 1 unspecified atom stereocenters. The smallest absolute Gasteiger partial charge is 0.319 e. The van der Waals surface area contributed by atoms with Gasteiger partial charge < -0.3 is 9.15 Å². The lowest BCUT2D eigenvalue weighted by atomic mass is 9.88. The molecule has 162 valence electrons. The van der Waals surface area contributed by atoms with E-state index in [4.69, 9.17) is 44.0 Å². The van der Waals surface area contributed by atoms with Crippen LogP contribution in [0.15, 0.2) is 75.6 Å². The summed E-state index contributed by atoms with van der Waals surface area (Å²) in [5.41, 5.74) is 1.94. The second-order valence-corrected chi connectivity index (χ2v) is 9.00. The predicted molar refractivity (Wildman–Crippen MR) is 126 cm³/mol. The van der Waals surface area contributed by atoms with Crippen molar-refractivity contribution in [2.45, 2.75) is 32.6 Å². The molecule has 0 bridgehead atoms. The normalized spacial score (nSPS) is 11.9. The van der Waals surface area contributed by atoms with Crippen molar-refractivity contribution in [2.24, 2.45) is 5.92 Å². The van der Waals surface area contributed by atoms with Gasteiger partial charge in [0.15, 0.2) is 11.5 Å². The van der Waals surface area contributed by atoms with Gasteiger partial charge in [-0.05, 0) is 35.3 Å². The Hall–Kier alpha value is -2.20. The molecule has 0 radical (unpaired) electrons. The van der Waals surface area contributed by atoms with E-state index in [2.05, 4.69) is 0 Å². The van der Waals surface area contributed by atoms with Crippen LogP contribution < -0.4 is 4.74 Å². The zero-order valence-corrected chi connectivity index (χ0v) is 19.5. The Kier molecular flexibility index (Phi) is 8.25. The highest BCUT2D eigenvalue weighted by atomic mass is 35.5. The molecule has 6 heteroatoms. The average Bonchev–Trinajstić information content (AvgIpc) is 3.09. The summed E-state index contributed by atoms with van der Waals surface area (Å²) in [5, 5.41) is 0.618. The molecular formula is C25H23Cl3O3. The standard InChI is InChI=1S/C25H23Cl3O3/c1-16(2)24(18-8-10-19(26)11-9-18)25(29)31-22-15-20(14-17-6-4-3-5-7-17)30-21(22)12-13-23(27)28/h3-11,13,15-16,24H,12,14H2,1-2H3. The molecule has 0 amide bonds. The summed E-state index contributed by atoms with van der Waals surface area (Å²) in [5.74, 6) is 0.801. The third-order valence-corrected chi connectivity index (χ3v) is 5.40. The molecule has 1 heterocycles. The minimum Gasteiger partial charge on any atom is -0.461 e. The summed E-state index contributed by atoms with van der Waals surface area (Å²) in [6.45, 7) is 3.96. The molecule has 3 nitrogen and oxygen atoms in total. The van der Waals surface area contributed by atoms with Crippen LogP contribution in [0.4, 0.5) is 0 Å². The highest BCUT2D eigenvalue weighted by Crippen LogP contribution is 2.32. The van der Waals surface area contributed by atoms with Gasteiger partial charge in [-0.25, -0.2) is 0 Å². The highest BCUT2D eigenvalue weighted by molar-refractivity contribution is 6.55. The van der Waals surface area contributed by atoms with Crippen molar-refractivity contribution in [1.82, 2.24) is 0 Å². The van der Waals surface area contributed by atoms with Crippen molar-refractivity contribution >= 4 is 40.8 Å². The molecule has 31 heavy (non-hydrogen) atoms. The van der Waals surface area contributed by atoms with E-state index < -0.39 is 5.92 Å². The fourth-order valence-corrected chi connectivity index (χ4v) is 3.66. The number of hydrogen-bond acceptors (Lipinski definition) is 3. The van der Waals surface area contributed by atoms with E-state index in [0.717, 1.165) is 11.1 Å². The first-order valence-corrected chi connectivity index (χ1v) is 11.1. The quantitative estimate of drug-likeness (QED) is 0.312. The predicted octanol–water partition coefficient (Wildman–Crippen LogP) is 7.73. The number of ether oxygens (including phenoxy) is 1. The monoisotopic (exact) mass is 476 g/mol. The maximum Gasteiger partial charge on any atom is 0.319 e. The SMILES string of the molecule is CC(C)C(C(=O)Oc1cc(Cc2ccccc2)oc1CC=C(Cl)Cl)c1ccc(Cl)cc1. The minimum absolute atomic E-state index is 0.0324. The van der Waals surface area contributed by atoms with Crippen LogP contribution in [-0.2, 0) is 17.6 Å². The van der Waals surface area contributed by atoms with Gasteiger partial charge in [0.1, 0.15) is 10.3 Å². The number of hydrogen-bond donors (Lipinski definition) is 0. The maximum absolute atomic E-state index is 13.1. The first-order valence-electron chi connectivity index (χ1n) is 9.97. The zero-order chi connectivity index (χ0) is 22.4. The van der Waals surface area contributed by atoms with Crippen molar-refractivity contribution in [3.63, 3.8) is 0 Å². The molecule has 1 aromatic heterocycles. The number of halogens is 3. The van der Waals surface area contributed by atoms with E-state index in [9.17, 15) is 4.79 Å². The number of carbonyl (C=O) groups is 1. The Morgan fingerprint density at radius 3 is 2.35 bits per heavy atom. The summed E-state index contributed by atoms with van der Waals surface area (Å²) in [6, 6.07) is 18.9. The van der Waals surface area contributed by atoms with E-state index in [1.807, 2.05) is 56.3 Å². The third-order valence-electron chi connectivity index (χ3n) is 4.84. The minimum atomic E-state index is -0.440. The molecule has 0 aliphatic heterocycles. The van der Waals surface area contributed by atoms with Gasteiger partial charge in [-0.3, -0.25) is 4.79 Å². The third kappa shape index (κ3) is 6.64. The van der Waals surface area contributed by atoms with Gasteiger partial charge in [-0.2, -0.15) is 0 Å². The lowest BCUT2D eigenvalue weighted by molar-refractivity contribution is -0.137. The molecule has 0 spiro atoms.